The molecule has 0 aromatic heterocycles. The number of fused-ring (bicyclic) bond motifs is 1. The van der Waals surface area contributed by atoms with E-state index in [2.05, 4.69) is 4.90 Å². The number of nitrogens with zero attached hydrogens (tertiary/aromatic N) is 1. The van der Waals surface area contributed by atoms with E-state index in [-0.39, 0.29) is 0 Å². The van der Waals surface area contributed by atoms with Crippen LogP contribution in [-0.2, 0) is 9.53 Å². The molecule has 2 unspecified atom stereocenters. The third kappa shape index (κ3) is 3.01. The molecule has 3 rings (SSSR count). The van der Waals surface area contributed by atoms with E-state index in [0.717, 1.165) is 39.0 Å². The van der Waals surface area contributed by atoms with Crippen molar-refractivity contribution in [2.24, 2.45) is 17.6 Å². The van der Waals surface area contributed by atoms with Gasteiger partial charge in [0.05, 0.1) is 18.8 Å². The summed E-state index contributed by atoms with van der Waals surface area (Å²) in [5, 5.41) is 0. The molecule has 1 amide bonds. The van der Waals surface area contributed by atoms with E-state index in [1.807, 2.05) is 0 Å². The first-order valence-electron chi connectivity index (χ1n) is 8.39. The number of ether oxygens (including phenoxy) is 1. The lowest BCUT2D eigenvalue weighted by Crippen LogP contribution is -2.51. The van der Waals surface area contributed by atoms with Crippen LogP contribution >= 0.6 is 0 Å². The zero-order valence-electron chi connectivity index (χ0n) is 12.4. The van der Waals surface area contributed by atoms with E-state index >= 15 is 0 Å². The van der Waals surface area contributed by atoms with Crippen LogP contribution < -0.4 is 5.73 Å². The summed E-state index contributed by atoms with van der Waals surface area (Å²) in [5.74, 6) is 1.67. The zero-order chi connectivity index (χ0) is 13.9. The van der Waals surface area contributed by atoms with Gasteiger partial charge in [0.2, 0.25) is 5.91 Å². The molecule has 0 radical (unpaired) electrons. The summed E-state index contributed by atoms with van der Waals surface area (Å²) >= 11 is 0. The summed E-state index contributed by atoms with van der Waals surface area (Å²) in [7, 11) is 0. The van der Waals surface area contributed by atoms with Crippen LogP contribution in [0.3, 0.4) is 0 Å². The minimum absolute atomic E-state index is 0.320. The second kappa shape index (κ2) is 6.44. The average Bonchev–Trinajstić information content (AvgIpc) is 2.96. The Labute approximate surface area is 122 Å². The molecule has 1 heterocycles. The van der Waals surface area contributed by atoms with Gasteiger partial charge in [-0.15, -0.1) is 0 Å². The molecule has 2 atom stereocenters. The Morgan fingerprint density at radius 3 is 2.60 bits per heavy atom. The maximum Gasteiger partial charge on any atom is 0.223 e. The van der Waals surface area contributed by atoms with Crippen LogP contribution in [0.2, 0.25) is 0 Å². The number of nitrogens with two attached hydrogens (primary N) is 1. The largest absolute Gasteiger partial charge is 0.374 e. The van der Waals surface area contributed by atoms with Gasteiger partial charge in [-0.1, -0.05) is 0 Å². The molecule has 3 aliphatic rings. The number of morpholine rings is 1. The molecule has 20 heavy (non-hydrogen) atoms. The van der Waals surface area contributed by atoms with E-state index in [0.29, 0.717) is 29.9 Å². The van der Waals surface area contributed by atoms with Crippen molar-refractivity contribution in [3.8, 4) is 0 Å². The Balaban J connectivity index is 1.51. The van der Waals surface area contributed by atoms with Gasteiger partial charge in [-0.3, -0.25) is 4.79 Å². The van der Waals surface area contributed by atoms with E-state index in [1.165, 1.54) is 32.1 Å². The Bertz CT molecular complexity index is 339. The van der Waals surface area contributed by atoms with Gasteiger partial charge >= 0.3 is 0 Å². The number of rotatable bonds is 3. The van der Waals surface area contributed by atoms with Crippen LogP contribution in [0.5, 0.6) is 0 Å². The summed E-state index contributed by atoms with van der Waals surface area (Å²) in [6, 6.07) is 0.372. The summed E-state index contributed by atoms with van der Waals surface area (Å²) in [4.78, 5) is 14.7. The lowest BCUT2D eigenvalue weighted by molar-refractivity contribution is -0.145. The number of carbonyl (C=O) groups excluding carboxylic acids is 1. The fourth-order valence-electron chi connectivity index (χ4n) is 4.27. The van der Waals surface area contributed by atoms with Crippen LogP contribution in [0.25, 0.3) is 0 Å². The van der Waals surface area contributed by atoms with E-state index in [4.69, 9.17) is 10.5 Å². The number of hydrogen-bond donors (Lipinski definition) is 1. The van der Waals surface area contributed by atoms with Crippen LogP contribution in [-0.4, -0.2) is 42.6 Å². The number of carbonyl (C=O) groups is 1. The minimum atomic E-state index is 0.320. The highest BCUT2D eigenvalue weighted by Crippen LogP contribution is 2.33. The van der Waals surface area contributed by atoms with Gasteiger partial charge in [-0.2, -0.15) is 0 Å². The highest BCUT2D eigenvalue weighted by atomic mass is 16.5. The summed E-state index contributed by atoms with van der Waals surface area (Å²) < 4.78 is 5.79. The summed E-state index contributed by atoms with van der Waals surface area (Å²) in [5.41, 5.74) is 5.74. The van der Waals surface area contributed by atoms with E-state index in [9.17, 15) is 4.79 Å². The third-order valence-corrected chi connectivity index (χ3v) is 5.57. The van der Waals surface area contributed by atoms with Crippen LogP contribution in [0.15, 0.2) is 0 Å². The van der Waals surface area contributed by atoms with Crippen molar-refractivity contribution in [2.75, 3.05) is 19.7 Å². The lowest BCUT2D eigenvalue weighted by atomic mass is 9.80. The normalized spacial score (nSPS) is 37.8. The molecule has 0 bridgehead atoms. The second-order valence-electron chi connectivity index (χ2n) is 6.82. The fraction of sp³-hybridized carbons (Fsp3) is 0.938. The Kier molecular flexibility index (Phi) is 4.61. The molecular formula is C16H28N2O2. The van der Waals surface area contributed by atoms with Gasteiger partial charge < -0.3 is 15.4 Å². The molecule has 114 valence electrons. The predicted octanol–water partition coefficient (Wildman–Crippen LogP) is 1.92. The van der Waals surface area contributed by atoms with Crippen LogP contribution in [0, 0.1) is 11.8 Å². The molecule has 0 spiro atoms. The molecule has 3 fully saturated rings. The van der Waals surface area contributed by atoms with Crippen molar-refractivity contribution in [3.63, 3.8) is 0 Å². The monoisotopic (exact) mass is 280 g/mol. The van der Waals surface area contributed by atoms with Gasteiger partial charge in [-0.05, 0) is 63.3 Å². The van der Waals surface area contributed by atoms with E-state index < -0.39 is 0 Å². The molecule has 1 saturated heterocycles. The van der Waals surface area contributed by atoms with Gasteiger partial charge in [-0.25, -0.2) is 0 Å². The van der Waals surface area contributed by atoms with Crippen LogP contribution in [0.1, 0.15) is 51.4 Å². The maximum atomic E-state index is 12.6. The van der Waals surface area contributed by atoms with Gasteiger partial charge in [0.15, 0.2) is 0 Å². The minimum Gasteiger partial charge on any atom is -0.374 e. The maximum absolute atomic E-state index is 12.6. The number of hydrogen-bond acceptors (Lipinski definition) is 3. The van der Waals surface area contributed by atoms with Crippen molar-refractivity contribution in [3.05, 3.63) is 0 Å². The van der Waals surface area contributed by atoms with E-state index in [1.54, 1.807) is 0 Å². The average molecular weight is 280 g/mol. The summed E-state index contributed by atoms with van der Waals surface area (Å²) in [6.07, 6.45) is 9.35. The predicted molar refractivity (Wildman–Crippen MR) is 78.2 cm³/mol. The first-order valence-corrected chi connectivity index (χ1v) is 8.39. The molecule has 2 N–H and O–H groups in total. The molecule has 1 aliphatic heterocycles. The molecule has 0 aromatic rings. The molecule has 4 nitrogen and oxygen atoms in total. The molecular weight excluding hydrogens is 252 g/mol. The van der Waals surface area contributed by atoms with Gasteiger partial charge in [0.25, 0.3) is 0 Å². The van der Waals surface area contributed by atoms with Crippen LogP contribution in [0.4, 0.5) is 0 Å². The molecule has 4 heteroatoms. The molecule has 2 aliphatic carbocycles. The standard InChI is InChI=1S/C16H28N2O2/c17-11-13-6-4-12(5-7-13)10-16(19)18-8-9-20-15-3-1-2-14(15)18/h12-15H,1-11,17H2. The Hall–Kier alpha value is -0.610. The van der Waals surface area contributed by atoms with Crippen molar-refractivity contribution in [1.29, 1.82) is 0 Å². The first-order chi connectivity index (χ1) is 9.78. The van der Waals surface area contributed by atoms with Crippen molar-refractivity contribution in [2.45, 2.75) is 63.5 Å². The Morgan fingerprint density at radius 2 is 1.85 bits per heavy atom. The highest BCUT2D eigenvalue weighted by molar-refractivity contribution is 5.77. The van der Waals surface area contributed by atoms with Crippen molar-refractivity contribution >= 4 is 5.91 Å². The first kappa shape index (κ1) is 14.3. The smallest absolute Gasteiger partial charge is 0.223 e. The van der Waals surface area contributed by atoms with Crippen molar-refractivity contribution < 1.29 is 9.53 Å². The SMILES string of the molecule is NCC1CCC(CC(=O)N2CCOC3CCCC32)CC1. The summed E-state index contributed by atoms with van der Waals surface area (Å²) in [6.45, 7) is 2.35. The lowest BCUT2D eigenvalue weighted by Gasteiger charge is -2.39. The van der Waals surface area contributed by atoms with Gasteiger partial charge in [0, 0.05) is 13.0 Å². The topological polar surface area (TPSA) is 55.6 Å². The third-order valence-electron chi connectivity index (χ3n) is 5.57. The Morgan fingerprint density at radius 1 is 1.10 bits per heavy atom. The fourth-order valence-corrected chi connectivity index (χ4v) is 4.27. The zero-order valence-corrected chi connectivity index (χ0v) is 12.4. The van der Waals surface area contributed by atoms with Crippen molar-refractivity contribution in [1.82, 2.24) is 4.90 Å². The van der Waals surface area contributed by atoms with Gasteiger partial charge in [0.1, 0.15) is 0 Å². The number of amides is 1. The quantitative estimate of drug-likeness (QED) is 0.859. The highest BCUT2D eigenvalue weighted by Gasteiger charge is 2.38. The second-order valence-corrected chi connectivity index (χ2v) is 6.82. The molecule has 2 saturated carbocycles. The molecule has 0 aromatic carbocycles.